The van der Waals surface area contributed by atoms with Crippen LogP contribution in [0.1, 0.15) is 12.5 Å². The van der Waals surface area contributed by atoms with E-state index in [1.54, 1.807) is 0 Å². The van der Waals surface area contributed by atoms with Gasteiger partial charge in [0.15, 0.2) is 6.04 Å². The molecule has 1 aromatic rings. The first kappa shape index (κ1) is 23.1. The predicted molar refractivity (Wildman–Crippen MR) is 109 cm³/mol. The van der Waals surface area contributed by atoms with Gasteiger partial charge in [0.25, 0.3) is 5.69 Å². The molecular formula is C18H17N5O8S. The highest BCUT2D eigenvalue weighted by atomic mass is 32.2. The highest BCUT2D eigenvalue weighted by Gasteiger charge is 2.66. The lowest BCUT2D eigenvalue weighted by molar-refractivity contribution is -0.384. The second-order valence-electron chi connectivity index (χ2n) is 6.64. The molecule has 1 fully saturated rings. The maximum absolute atomic E-state index is 13.0. The van der Waals surface area contributed by atoms with Gasteiger partial charge in [-0.2, -0.15) is 0 Å². The Labute approximate surface area is 185 Å². The fourth-order valence-electron chi connectivity index (χ4n) is 3.22. The van der Waals surface area contributed by atoms with Gasteiger partial charge in [0.2, 0.25) is 11.0 Å². The zero-order valence-corrected chi connectivity index (χ0v) is 17.7. The van der Waals surface area contributed by atoms with E-state index in [1.807, 2.05) is 0 Å². The highest BCUT2D eigenvalue weighted by Crippen LogP contribution is 2.51. The summed E-state index contributed by atoms with van der Waals surface area (Å²) in [5, 5.41) is 12.8. The molecule has 0 spiro atoms. The third kappa shape index (κ3) is 4.10. The van der Waals surface area contributed by atoms with Gasteiger partial charge in [0, 0.05) is 42.4 Å². The van der Waals surface area contributed by atoms with Crippen LogP contribution < -0.4 is 0 Å². The first-order valence-electron chi connectivity index (χ1n) is 9.08. The maximum Gasteiger partial charge on any atom is 0.355 e. The predicted octanol–water partition coefficient (Wildman–Crippen LogP) is 2.02. The van der Waals surface area contributed by atoms with Crippen LogP contribution in [0.15, 0.2) is 40.6 Å². The number of azide groups is 1. The lowest BCUT2D eigenvalue weighted by Crippen LogP contribution is -2.74. The molecule has 13 nitrogen and oxygen atoms in total. The number of nitro groups is 1. The number of thioether (sulfide) groups is 1. The van der Waals surface area contributed by atoms with E-state index >= 15 is 0 Å². The van der Waals surface area contributed by atoms with Gasteiger partial charge in [0.1, 0.15) is 18.9 Å². The third-order valence-corrected chi connectivity index (χ3v) is 6.22. The van der Waals surface area contributed by atoms with Crippen molar-refractivity contribution >= 4 is 35.3 Å². The van der Waals surface area contributed by atoms with E-state index in [0.717, 1.165) is 16.7 Å². The van der Waals surface area contributed by atoms with Crippen molar-refractivity contribution in [2.75, 3.05) is 19.5 Å². The second-order valence-corrected chi connectivity index (χ2v) is 7.80. The Kier molecular flexibility index (Phi) is 6.67. The van der Waals surface area contributed by atoms with Gasteiger partial charge in [-0.05, 0) is 23.2 Å². The average molecular weight is 463 g/mol. The van der Waals surface area contributed by atoms with E-state index in [-0.39, 0.29) is 30.4 Å². The Morgan fingerprint density at radius 3 is 2.59 bits per heavy atom. The molecule has 1 aromatic carbocycles. The summed E-state index contributed by atoms with van der Waals surface area (Å²) in [6.07, 6.45) is 0. The standard InChI is InChI=1S/C18H17N5O8S/c1-10(24)30-8-12-9-32-18(29-2)15(20-21-19)16(25)22(18)14(12)17(26)31-7-11-3-5-13(6-4-11)23(27)28/h3-6,15H,7-9H2,1-2H3/t15?,18-/m1/s1. The van der Waals surface area contributed by atoms with Crippen LogP contribution in [0.2, 0.25) is 0 Å². The number of nitro benzene ring substituents is 1. The molecule has 1 unspecified atom stereocenters. The van der Waals surface area contributed by atoms with E-state index < -0.39 is 33.9 Å². The van der Waals surface area contributed by atoms with Crippen LogP contribution in [-0.2, 0) is 35.2 Å². The molecule has 3 rings (SSSR count). The number of amides is 1. The smallest absolute Gasteiger partial charge is 0.355 e. The molecule has 0 radical (unpaired) electrons. The highest BCUT2D eigenvalue weighted by molar-refractivity contribution is 8.00. The maximum atomic E-state index is 13.0. The van der Waals surface area contributed by atoms with Crippen molar-refractivity contribution in [1.82, 2.24) is 4.90 Å². The SMILES string of the molecule is CO[C@]12SCC(COC(C)=O)=C(C(=O)OCc3ccc([N+](=O)[O-])cc3)N1C(=O)C2N=[N+]=[N-]. The van der Waals surface area contributed by atoms with Crippen LogP contribution in [-0.4, -0.2) is 58.2 Å². The number of esters is 2. The number of carbonyl (C=O) groups excluding carboxylic acids is 3. The Bertz CT molecular complexity index is 1050. The van der Waals surface area contributed by atoms with Crippen molar-refractivity contribution in [2.45, 2.75) is 24.6 Å². The average Bonchev–Trinajstić information content (AvgIpc) is 2.78. The molecule has 2 heterocycles. The minimum Gasteiger partial charge on any atom is -0.461 e. The Balaban J connectivity index is 1.87. The fourth-order valence-corrected chi connectivity index (χ4v) is 4.55. The molecular weight excluding hydrogens is 446 g/mol. The molecule has 0 N–H and O–H groups in total. The number of methoxy groups -OCH3 is 1. The molecule has 2 atom stereocenters. The number of ether oxygens (including phenoxy) is 3. The summed E-state index contributed by atoms with van der Waals surface area (Å²) in [5.74, 6) is -1.99. The minimum atomic E-state index is -1.43. The van der Waals surface area contributed by atoms with Crippen molar-refractivity contribution in [1.29, 1.82) is 0 Å². The molecule has 0 aliphatic carbocycles. The number of non-ortho nitro benzene ring substituents is 1. The van der Waals surface area contributed by atoms with E-state index in [4.69, 9.17) is 19.7 Å². The fraction of sp³-hybridized carbons (Fsp3) is 0.389. The molecule has 168 valence electrons. The first-order chi connectivity index (χ1) is 15.2. The Morgan fingerprint density at radius 2 is 2.03 bits per heavy atom. The Morgan fingerprint density at radius 1 is 1.34 bits per heavy atom. The number of β-lactam (4-membered cyclic amide) rings is 1. The number of fused-ring (bicyclic) bond motifs is 1. The monoisotopic (exact) mass is 463 g/mol. The van der Waals surface area contributed by atoms with Gasteiger partial charge in [0.05, 0.1) is 4.92 Å². The second kappa shape index (κ2) is 9.26. The minimum absolute atomic E-state index is 0.115. The number of hydrogen-bond donors (Lipinski definition) is 0. The quantitative estimate of drug-likeness (QED) is 0.106. The van der Waals surface area contributed by atoms with Crippen LogP contribution in [0.5, 0.6) is 0 Å². The number of benzene rings is 1. The summed E-state index contributed by atoms with van der Waals surface area (Å²) in [4.78, 5) is 50.8. The molecule has 0 aromatic heterocycles. The lowest BCUT2D eigenvalue weighted by Gasteiger charge is -2.56. The van der Waals surface area contributed by atoms with Crippen molar-refractivity contribution < 1.29 is 33.5 Å². The van der Waals surface area contributed by atoms with E-state index in [2.05, 4.69) is 10.0 Å². The molecule has 1 amide bonds. The first-order valence-corrected chi connectivity index (χ1v) is 10.1. The van der Waals surface area contributed by atoms with Gasteiger partial charge < -0.3 is 14.2 Å². The number of rotatable bonds is 8. The summed E-state index contributed by atoms with van der Waals surface area (Å²) >= 11 is 1.11. The van der Waals surface area contributed by atoms with Crippen LogP contribution >= 0.6 is 11.8 Å². The topological polar surface area (TPSA) is 174 Å². The summed E-state index contributed by atoms with van der Waals surface area (Å²) < 4.78 is 15.8. The lowest BCUT2D eigenvalue weighted by atomic mass is 10.0. The molecule has 14 heteroatoms. The zero-order valence-electron chi connectivity index (χ0n) is 16.9. The van der Waals surface area contributed by atoms with E-state index in [1.165, 1.54) is 38.3 Å². The van der Waals surface area contributed by atoms with Gasteiger partial charge in [-0.15, -0.1) is 0 Å². The summed E-state index contributed by atoms with van der Waals surface area (Å²) in [6.45, 7) is 0.727. The van der Waals surface area contributed by atoms with Crippen LogP contribution in [0.4, 0.5) is 5.69 Å². The molecule has 2 aliphatic heterocycles. The summed E-state index contributed by atoms with van der Waals surface area (Å²) in [5.41, 5.74) is 9.30. The van der Waals surface area contributed by atoms with Gasteiger partial charge in [-0.1, -0.05) is 16.9 Å². The van der Waals surface area contributed by atoms with Gasteiger partial charge in [-0.3, -0.25) is 24.6 Å². The van der Waals surface area contributed by atoms with Crippen LogP contribution in [0.3, 0.4) is 0 Å². The van der Waals surface area contributed by atoms with Gasteiger partial charge in [-0.25, -0.2) is 4.79 Å². The number of carbonyl (C=O) groups is 3. The van der Waals surface area contributed by atoms with Crippen LogP contribution in [0, 0.1) is 10.1 Å². The van der Waals surface area contributed by atoms with Crippen molar-refractivity contribution in [3.05, 3.63) is 61.7 Å². The molecule has 0 bridgehead atoms. The molecule has 32 heavy (non-hydrogen) atoms. The largest absolute Gasteiger partial charge is 0.461 e. The molecule has 0 saturated carbocycles. The van der Waals surface area contributed by atoms with Crippen molar-refractivity contribution in [2.24, 2.45) is 5.11 Å². The number of hydrogen-bond acceptors (Lipinski definition) is 10. The van der Waals surface area contributed by atoms with Gasteiger partial charge >= 0.3 is 11.9 Å². The van der Waals surface area contributed by atoms with E-state index in [0.29, 0.717) is 11.1 Å². The van der Waals surface area contributed by atoms with Crippen molar-refractivity contribution in [3.63, 3.8) is 0 Å². The Hall–Kier alpha value is -3.61. The summed E-state index contributed by atoms with van der Waals surface area (Å²) in [7, 11) is 1.31. The molecule has 2 aliphatic rings. The summed E-state index contributed by atoms with van der Waals surface area (Å²) in [6, 6.07) is 4.22. The molecule has 1 saturated heterocycles. The normalized spacial score (nSPS) is 21.8. The van der Waals surface area contributed by atoms with Crippen molar-refractivity contribution in [3.8, 4) is 0 Å². The number of nitrogens with zero attached hydrogens (tertiary/aromatic N) is 5. The van der Waals surface area contributed by atoms with Crippen LogP contribution in [0.25, 0.3) is 10.4 Å². The zero-order chi connectivity index (χ0) is 23.5. The van der Waals surface area contributed by atoms with E-state index in [9.17, 15) is 24.5 Å². The third-order valence-electron chi connectivity index (χ3n) is 4.74.